The molecule has 1 rings (SSSR count). The summed E-state index contributed by atoms with van der Waals surface area (Å²) in [4.78, 5) is 115. The molecule has 338 valence electrons. The molecule has 23 heteroatoms. The Labute approximate surface area is 349 Å². The van der Waals surface area contributed by atoms with Gasteiger partial charge >= 0.3 is 11.9 Å². The van der Waals surface area contributed by atoms with E-state index < -0.39 is 96.1 Å². The van der Waals surface area contributed by atoms with Gasteiger partial charge in [-0.15, -0.1) is 0 Å². The second-order valence-electron chi connectivity index (χ2n) is 15.4. The van der Waals surface area contributed by atoms with Crippen molar-refractivity contribution in [3.8, 4) is 0 Å². The highest BCUT2D eigenvalue weighted by Gasteiger charge is 2.34. The molecule has 0 radical (unpaired) electrons. The van der Waals surface area contributed by atoms with Crippen LogP contribution in [-0.2, 0) is 44.8 Å². The Balaban J connectivity index is 3.47. The van der Waals surface area contributed by atoms with E-state index in [0.29, 0.717) is 25.1 Å². The molecule has 0 spiro atoms. The van der Waals surface area contributed by atoms with Gasteiger partial charge in [0, 0.05) is 24.9 Å². The van der Waals surface area contributed by atoms with Crippen molar-refractivity contribution in [3.63, 3.8) is 0 Å². The molecule has 17 N–H and O–H groups in total. The fourth-order valence-electron chi connectivity index (χ4n) is 5.79. The van der Waals surface area contributed by atoms with Gasteiger partial charge in [-0.2, -0.15) is 0 Å². The van der Waals surface area contributed by atoms with Crippen molar-refractivity contribution in [1.29, 1.82) is 0 Å². The number of unbranched alkanes of at least 4 members (excludes halogenated alkanes) is 1. The number of aliphatic carboxylic acids is 2. The number of carboxylic acids is 2. The van der Waals surface area contributed by atoms with E-state index in [1.165, 1.54) is 19.4 Å². The van der Waals surface area contributed by atoms with Gasteiger partial charge in [-0.05, 0) is 70.3 Å². The number of guanidine groups is 1. The number of nitrogens with two attached hydrogens (primary N) is 4. The predicted octanol–water partition coefficient (Wildman–Crippen LogP) is -2.96. The Kier molecular flexibility index (Phi) is 23.5. The molecule has 0 saturated carbocycles. The second kappa shape index (κ2) is 27.0. The Bertz CT molecular complexity index is 1600. The third-order valence-electron chi connectivity index (χ3n) is 8.91. The van der Waals surface area contributed by atoms with Gasteiger partial charge in [0.15, 0.2) is 5.96 Å². The number of rotatable bonds is 29. The molecule has 23 nitrogen and oxygen atoms in total. The number of hydrogen-bond acceptors (Lipinski definition) is 12. The largest absolute Gasteiger partial charge is 0.481 e. The van der Waals surface area contributed by atoms with Gasteiger partial charge in [-0.1, -0.05) is 27.7 Å². The summed E-state index contributed by atoms with van der Waals surface area (Å²) in [5.41, 5.74) is 22.7. The van der Waals surface area contributed by atoms with Crippen molar-refractivity contribution >= 4 is 53.3 Å². The van der Waals surface area contributed by atoms with Gasteiger partial charge in [0.05, 0.1) is 18.8 Å². The van der Waals surface area contributed by atoms with Crippen LogP contribution >= 0.6 is 0 Å². The quantitative estimate of drug-likeness (QED) is 0.0218. The molecule has 1 aromatic heterocycles. The van der Waals surface area contributed by atoms with E-state index in [9.17, 15) is 43.5 Å². The van der Waals surface area contributed by atoms with Crippen LogP contribution in [0.25, 0.3) is 0 Å². The molecule has 0 aliphatic carbocycles. The number of carbonyl (C=O) groups excluding carboxylic acids is 6. The molecule has 0 aliphatic heterocycles. The number of H-pyrrole nitrogens is 1. The zero-order chi connectivity index (χ0) is 45.5. The van der Waals surface area contributed by atoms with E-state index in [1.807, 2.05) is 0 Å². The Hall–Kier alpha value is -5.84. The van der Waals surface area contributed by atoms with Crippen molar-refractivity contribution in [2.24, 2.45) is 39.8 Å². The van der Waals surface area contributed by atoms with E-state index in [-0.39, 0.29) is 62.9 Å². The van der Waals surface area contributed by atoms with Crippen LogP contribution in [-0.4, -0.2) is 129 Å². The number of carbonyl (C=O) groups is 8. The van der Waals surface area contributed by atoms with Crippen molar-refractivity contribution < 1.29 is 48.6 Å². The number of aromatic amines is 1. The predicted molar refractivity (Wildman–Crippen MR) is 219 cm³/mol. The zero-order valence-electron chi connectivity index (χ0n) is 35.0. The lowest BCUT2D eigenvalue weighted by Crippen LogP contribution is -2.60. The van der Waals surface area contributed by atoms with Gasteiger partial charge in [0.2, 0.25) is 35.4 Å². The normalized spacial score (nSPS) is 14.6. The number of imidazole rings is 1. The lowest BCUT2D eigenvalue weighted by atomic mass is 10.0. The molecular weight excluding hydrogens is 786 g/mol. The summed E-state index contributed by atoms with van der Waals surface area (Å²) in [7, 11) is 0. The van der Waals surface area contributed by atoms with Crippen molar-refractivity contribution in [3.05, 3.63) is 18.2 Å². The average Bonchev–Trinajstić information content (AvgIpc) is 3.67. The molecule has 0 fully saturated rings. The van der Waals surface area contributed by atoms with Crippen LogP contribution < -0.4 is 54.8 Å². The summed E-state index contributed by atoms with van der Waals surface area (Å²) >= 11 is 0. The second-order valence-corrected chi connectivity index (χ2v) is 15.4. The fraction of sp³-hybridized carbons (Fsp3) is 0.676. The van der Waals surface area contributed by atoms with Gasteiger partial charge in [0.25, 0.3) is 0 Å². The lowest BCUT2D eigenvalue weighted by molar-refractivity contribution is -0.142. The molecular formula is C37H65N13O10. The van der Waals surface area contributed by atoms with Crippen LogP contribution in [0.15, 0.2) is 17.5 Å². The summed E-state index contributed by atoms with van der Waals surface area (Å²) < 4.78 is 0. The number of hydrogen-bond donors (Lipinski definition) is 13. The smallest absolute Gasteiger partial charge is 0.325 e. The van der Waals surface area contributed by atoms with Crippen molar-refractivity contribution in [2.45, 2.75) is 135 Å². The Morgan fingerprint density at radius 2 is 1.15 bits per heavy atom. The monoisotopic (exact) mass is 851 g/mol. The van der Waals surface area contributed by atoms with Crippen molar-refractivity contribution in [1.82, 2.24) is 41.9 Å². The number of aliphatic imine (C=N–C) groups is 1. The first kappa shape index (κ1) is 52.2. The van der Waals surface area contributed by atoms with E-state index in [0.717, 1.165) is 0 Å². The summed E-state index contributed by atoms with van der Waals surface area (Å²) in [6, 6.07) is -8.98. The maximum absolute atomic E-state index is 14.1. The highest BCUT2D eigenvalue weighted by molar-refractivity contribution is 5.97. The van der Waals surface area contributed by atoms with E-state index in [1.54, 1.807) is 27.7 Å². The van der Waals surface area contributed by atoms with Gasteiger partial charge in [-0.3, -0.25) is 43.3 Å². The average molecular weight is 852 g/mol. The topological polar surface area (TPSA) is 394 Å². The van der Waals surface area contributed by atoms with Crippen LogP contribution in [0.4, 0.5) is 0 Å². The maximum atomic E-state index is 14.1. The standard InChI is InChI=1S/C37H65N13O10/c1-19(2)13-26(33(56)45-21(5)36(59)60)48-32(55)25(10-8-12-43-37(40)41)47-35(58)28(15-22-17-42-18-44-22)50-34(57)27(14-20(3)4)49-31(54)24(9-6-7-11-38)46-30(53)23(39)16-29(51)52/h17-21,23-28H,6-16,38-39H2,1-5H3,(H,42,44)(H,45,56)(H,46,53)(H,47,58)(H,48,55)(H,49,54)(H,50,57)(H,51,52)(H,59,60)(H4,40,41,43)/t21-,23-,24-,25-,26-,27-,28-/m0/s1. The molecule has 1 heterocycles. The SMILES string of the molecule is CC(C)C[C@H](NC(=O)[C@H](CCCN=C(N)N)NC(=O)[C@H](Cc1cnc[nH]1)NC(=O)[C@H](CC(C)C)NC(=O)[C@H](CCCCN)NC(=O)[C@@H](N)CC(=O)O)C(=O)N[C@@H](C)C(=O)O. The summed E-state index contributed by atoms with van der Waals surface area (Å²) in [5.74, 6) is -7.83. The number of amides is 6. The van der Waals surface area contributed by atoms with Crippen LogP contribution in [0.5, 0.6) is 0 Å². The minimum Gasteiger partial charge on any atom is -0.481 e. The number of carboxylic acid groups (broad SMARTS) is 2. The number of aromatic nitrogens is 2. The van der Waals surface area contributed by atoms with Gasteiger partial charge < -0.3 is 70.0 Å². The van der Waals surface area contributed by atoms with Crippen LogP contribution in [0, 0.1) is 11.8 Å². The zero-order valence-corrected chi connectivity index (χ0v) is 35.0. The minimum absolute atomic E-state index is 0.0277. The first-order valence-electron chi connectivity index (χ1n) is 19.9. The highest BCUT2D eigenvalue weighted by Crippen LogP contribution is 2.11. The van der Waals surface area contributed by atoms with Crippen LogP contribution in [0.1, 0.15) is 91.7 Å². The number of nitrogens with zero attached hydrogens (tertiary/aromatic N) is 2. The van der Waals surface area contributed by atoms with E-state index in [4.69, 9.17) is 28.0 Å². The summed E-state index contributed by atoms with van der Waals surface area (Å²) in [6.45, 7) is 8.86. The molecule has 0 saturated heterocycles. The third kappa shape index (κ3) is 20.7. The van der Waals surface area contributed by atoms with E-state index >= 15 is 0 Å². The van der Waals surface area contributed by atoms with Crippen molar-refractivity contribution in [2.75, 3.05) is 13.1 Å². The Morgan fingerprint density at radius 3 is 1.62 bits per heavy atom. The molecule has 0 aliphatic rings. The first-order chi connectivity index (χ1) is 28.1. The number of nitrogens with one attached hydrogen (secondary N) is 7. The molecule has 0 aromatic carbocycles. The molecule has 7 atom stereocenters. The third-order valence-corrected chi connectivity index (χ3v) is 8.91. The summed E-state index contributed by atoms with van der Waals surface area (Å²) in [5, 5.41) is 33.8. The van der Waals surface area contributed by atoms with Gasteiger partial charge in [-0.25, -0.2) is 4.98 Å². The Morgan fingerprint density at radius 1 is 0.683 bits per heavy atom. The van der Waals surface area contributed by atoms with Gasteiger partial charge in [0.1, 0.15) is 36.3 Å². The molecule has 0 unspecified atom stereocenters. The fourth-order valence-corrected chi connectivity index (χ4v) is 5.79. The first-order valence-corrected chi connectivity index (χ1v) is 19.9. The van der Waals surface area contributed by atoms with Crippen LogP contribution in [0.3, 0.4) is 0 Å². The molecule has 1 aromatic rings. The lowest BCUT2D eigenvalue weighted by Gasteiger charge is -2.28. The maximum Gasteiger partial charge on any atom is 0.325 e. The molecule has 60 heavy (non-hydrogen) atoms. The van der Waals surface area contributed by atoms with E-state index in [2.05, 4.69) is 46.9 Å². The summed E-state index contributed by atoms with van der Waals surface area (Å²) in [6.07, 6.45) is 3.35. The van der Waals surface area contributed by atoms with Crippen LogP contribution in [0.2, 0.25) is 0 Å². The molecule has 6 amide bonds. The minimum atomic E-state index is -1.44. The highest BCUT2D eigenvalue weighted by atomic mass is 16.4. The molecule has 0 bridgehead atoms.